The molecule has 0 saturated carbocycles. The summed E-state index contributed by atoms with van der Waals surface area (Å²) < 4.78 is 5.81. The highest BCUT2D eigenvalue weighted by Gasteiger charge is 2.18. The quantitative estimate of drug-likeness (QED) is 0.149. The second kappa shape index (κ2) is 14.3. The molecule has 0 aliphatic rings. The van der Waals surface area contributed by atoms with E-state index < -0.39 is 12.0 Å². The molecular formula is C33H39N3O4. The Morgan fingerprint density at radius 2 is 1.68 bits per heavy atom. The highest BCUT2D eigenvalue weighted by Crippen LogP contribution is 2.25. The van der Waals surface area contributed by atoms with Gasteiger partial charge in [0.25, 0.3) is 0 Å². The summed E-state index contributed by atoms with van der Waals surface area (Å²) in [7, 11) is 1.78. The fourth-order valence-corrected chi connectivity index (χ4v) is 4.72. The maximum absolute atomic E-state index is 12.6. The summed E-state index contributed by atoms with van der Waals surface area (Å²) in [6.45, 7) is 3.20. The number of rotatable bonds is 14. The number of anilines is 1. The average molecular weight is 542 g/mol. The number of hydrogen-bond acceptors (Lipinski definition) is 4. The number of hydrogen-bond donors (Lipinski definition) is 3. The molecule has 1 heterocycles. The molecule has 0 unspecified atom stereocenters. The van der Waals surface area contributed by atoms with E-state index in [-0.39, 0.29) is 6.03 Å². The normalized spacial score (nSPS) is 11.8. The monoisotopic (exact) mass is 541 g/mol. The van der Waals surface area contributed by atoms with E-state index in [2.05, 4.69) is 17.6 Å². The molecule has 3 N–H and O–H groups in total. The van der Waals surface area contributed by atoms with Crippen LogP contribution >= 0.6 is 0 Å². The molecule has 7 heteroatoms. The summed E-state index contributed by atoms with van der Waals surface area (Å²) in [4.78, 5) is 26.2. The number of fused-ring (bicyclic) bond motifs is 1. The van der Waals surface area contributed by atoms with E-state index in [1.807, 2.05) is 78.9 Å². The van der Waals surface area contributed by atoms with Gasteiger partial charge in [0, 0.05) is 24.7 Å². The SMILES string of the molecule is CCCCCCCNC(=O)N(C)c1cccc(-c2ccc(C[C@H](NCc3cc4ccccc4o3)C(=O)O)cc2)c1. The number of aliphatic carboxylic acids is 1. The first kappa shape index (κ1) is 28.9. The fraction of sp³-hybridized carbons (Fsp3) is 0.333. The van der Waals surface area contributed by atoms with Crippen LogP contribution in [0.3, 0.4) is 0 Å². The highest BCUT2D eigenvalue weighted by atomic mass is 16.4. The minimum Gasteiger partial charge on any atom is -0.480 e. The molecule has 210 valence electrons. The molecule has 3 aromatic carbocycles. The second-order valence-electron chi connectivity index (χ2n) is 10.2. The van der Waals surface area contributed by atoms with Crippen molar-refractivity contribution in [2.24, 2.45) is 0 Å². The maximum atomic E-state index is 12.6. The van der Waals surface area contributed by atoms with Crippen LogP contribution in [-0.4, -0.2) is 36.7 Å². The molecule has 0 saturated heterocycles. The number of furan rings is 1. The van der Waals surface area contributed by atoms with Crippen molar-refractivity contribution in [1.29, 1.82) is 0 Å². The van der Waals surface area contributed by atoms with Crippen molar-refractivity contribution in [2.45, 2.75) is 58.0 Å². The van der Waals surface area contributed by atoms with Crippen LogP contribution in [0.25, 0.3) is 22.1 Å². The lowest BCUT2D eigenvalue weighted by atomic mass is 10.00. The molecule has 1 aromatic heterocycles. The van der Waals surface area contributed by atoms with E-state index in [1.54, 1.807) is 11.9 Å². The Morgan fingerprint density at radius 3 is 2.42 bits per heavy atom. The van der Waals surface area contributed by atoms with E-state index in [4.69, 9.17) is 4.42 Å². The number of nitrogens with one attached hydrogen (secondary N) is 2. The number of para-hydroxylation sites is 1. The number of unbranched alkanes of at least 4 members (excludes halogenated alkanes) is 4. The lowest BCUT2D eigenvalue weighted by molar-refractivity contribution is -0.139. The van der Waals surface area contributed by atoms with Crippen LogP contribution in [0.5, 0.6) is 0 Å². The minimum absolute atomic E-state index is 0.113. The Balaban J connectivity index is 1.33. The van der Waals surface area contributed by atoms with E-state index in [0.717, 1.165) is 46.2 Å². The molecule has 7 nitrogen and oxygen atoms in total. The Bertz CT molecular complexity index is 1360. The minimum atomic E-state index is -0.907. The van der Waals surface area contributed by atoms with Gasteiger partial charge in [-0.2, -0.15) is 0 Å². The summed E-state index contributed by atoms with van der Waals surface area (Å²) in [5.74, 6) is -0.205. The highest BCUT2D eigenvalue weighted by molar-refractivity contribution is 5.92. The Hall–Kier alpha value is -4.10. The van der Waals surface area contributed by atoms with E-state index >= 15 is 0 Å². The number of urea groups is 1. The summed E-state index contributed by atoms with van der Waals surface area (Å²) in [5, 5.41) is 16.9. The predicted molar refractivity (Wildman–Crippen MR) is 161 cm³/mol. The number of carbonyl (C=O) groups excluding carboxylic acids is 1. The molecule has 2 amide bonds. The van der Waals surface area contributed by atoms with Gasteiger partial charge in [0.05, 0.1) is 6.54 Å². The molecule has 4 aromatic rings. The summed E-state index contributed by atoms with van der Waals surface area (Å²) >= 11 is 0. The average Bonchev–Trinajstić information content (AvgIpc) is 3.40. The predicted octanol–water partition coefficient (Wildman–Crippen LogP) is 7.00. The molecule has 0 spiro atoms. The van der Waals surface area contributed by atoms with E-state index in [1.165, 1.54) is 19.3 Å². The zero-order chi connectivity index (χ0) is 28.3. The van der Waals surface area contributed by atoms with E-state index in [0.29, 0.717) is 25.3 Å². The molecule has 0 aliphatic heterocycles. The molecule has 4 rings (SSSR count). The van der Waals surface area contributed by atoms with Crippen molar-refractivity contribution in [2.75, 3.05) is 18.5 Å². The number of benzene rings is 3. The van der Waals surface area contributed by atoms with Gasteiger partial charge in [0.15, 0.2) is 0 Å². The van der Waals surface area contributed by atoms with Crippen LogP contribution in [0, 0.1) is 0 Å². The third-order valence-corrected chi connectivity index (χ3v) is 7.12. The zero-order valence-corrected chi connectivity index (χ0v) is 23.4. The number of nitrogens with zero attached hydrogens (tertiary/aromatic N) is 1. The van der Waals surface area contributed by atoms with Gasteiger partial charge >= 0.3 is 12.0 Å². The Labute approximate surface area is 236 Å². The Morgan fingerprint density at radius 1 is 0.900 bits per heavy atom. The van der Waals surface area contributed by atoms with Crippen LogP contribution in [0.1, 0.15) is 50.4 Å². The molecular weight excluding hydrogens is 502 g/mol. The zero-order valence-electron chi connectivity index (χ0n) is 23.4. The van der Waals surface area contributed by atoms with Crippen LogP contribution in [0.2, 0.25) is 0 Å². The van der Waals surface area contributed by atoms with Crippen molar-refractivity contribution < 1.29 is 19.1 Å². The van der Waals surface area contributed by atoms with Crippen molar-refractivity contribution in [3.63, 3.8) is 0 Å². The number of carboxylic acids is 1. The second-order valence-corrected chi connectivity index (χ2v) is 10.2. The topological polar surface area (TPSA) is 94.8 Å². The summed E-state index contributed by atoms with van der Waals surface area (Å²) in [6.07, 6.45) is 6.12. The fourth-order valence-electron chi connectivity index (χ4n) is 4.72. The van der Waals surface area contributed by atoms with Crippen LogP contribution in [-0.2, 0) is 17.8 Å². The van der Waals surface area contributed by atoms with Crippen LogP contribution in [0.4, 0.5) is 10.5 Å². The largest absolute Gasteiger partial charge is 0.480 e. The van der Waals surface area contributed by atoms with Crippen LogP contribution < -0.4 is 15.5 Å². The lowest BCUT2D eigenvalue weighted by Crippen LogP contribution is -2.38. The lowest BCUT2D eigenvalue weighted by Gasteiger charge is -2.19. The van der Waals surface area contributed by atoms with Gasteiger partial charge in [0.1, 0.15) is 17.4 Å². The van der Waals surface area contributed by atoms with Gasteiger partial charge in [-0.15, -0.1) is 0 Å². The third-order valence-electron chi connectivity index (χ3n) is 7.12. The van der Waals surface area contributed by atoms with Gasteiger partial charge in [-0.25, -0.2) is 4.79 Å². The molecule has 0 aliphatic carbocycles. The standard InChI is InChI=1S/C33H39N3O4/c1-3-4-5-6-9-19-34-33(39)36(2)28-13-10-12-26(21-28)25-17-15-24(16-18-25)20-30(32(37)38)35-23-29-22-27-11-7-8-14-31(27)40-29/h7-8,10-18,21-22,30,35H,3-6,9,19-20,23H2,1-2H3,(H,34,39)(H,37,38)/t30-/m0/s1. The van der Waals surface area contributed by atoms with Gasteiger partial charge in [-0.1, -0.05) is 87.2 Å². The molecule has 1 atom stereocenters. The third kappa shape index (κ3) is 7.96. The molecule has 0 radical (unpaired) electrons. The van der Waals surface area contributed by atoms with Gasteiger partial charge < -0.3 is 14.8 Å². The van der Waals surface area contributed by atoms with Crippen molar-refractivity contribution in [3.05, 3.63) is 90.2 Å². The summed E-state index contributed by atoms with van der Waals surface area (Å²) in [6, 6.07) is 24.5. The Kier molecular flexibility index (Phi) is 10.4. The summed E-state index contributed by atoms with van der Waals surface area (Å²) in [5.41, 5.74) is 4.50. The number of carbonyl (C=O) groups is 2. The molecule has 40 heavy (non-hydrogen) atoms. The smallest absolute Gasteiger partial charge is 0.321 e. The number of carboxylic acid groups (broad SMARTS) is 1. The van der Waals surface area contributed by atoms with Crippen LogP contribution in [0.15, 0.2) is 83.3 Å². The van der Waals surface area contributed by atoms with Crippen molar-refractivity contribution in [3.8, 4) is 11.1 Å². The molecule has 0 bridgehead atoms. The first-order valence-corrected chi connectivity index (χ1v) is 14.1. The first-order valence-electron chi connectivity index (χ1n) is 14.1. The van der Waals surface area contributed by atoms with Gasteiger partial charge in [-0.05, 0) is 53.8 Å². The maximum Gasteiger partial charge on any atom is 0.321 e. The van der Waals surface area contributed by atoms with E-state index in [9.17, 15) is 14.7 Å². The van der Waals surface area contributed by atoms with Gasteiger partial charge in [0.2, 0.25) is 0 Å². The first-order chi connectivity index (χ1) is 19.4. The van der Waals surface area contributed by atoms with Crippen molar-refractivity contribution >= 4 is 28.7 Å². The van der Waals surface area contributed by atoms with Gasteiger partial charge in [-0.3, -0.25) is 15.0 Å². The molecule has 0 fully saturated rings. The number of amides is 2. The van der Waals surface area contributed by atoms with Crippen molar-refractivity contribution in [1.82, 2.24) is 10.6 Å².